The number of pyridine rings is 2. The zero-order valence-electron chi connectivity index (χ0n) is 20.3. The highest BCUT2D eigenvalue weighted by Crippen LogP contribution is 2.60. The van der Waals surface area contributed by atoms with Gasteiger partial charge in [0.2, 0.25) is 11.1 Å². The maximum atomic E-state index is 13.1. The molecule has 39 heavy (non-hydrogen) atoms. The van der Waals surface area contributed by atoms with Crippen LogP contribution in [0.1, 0.15) is 0 Å². The van der Waals surface area contributed by atoms with E-state index in [1.54, 1.807) is 36.4 Å². The molecule has 8 nitrogen and oxygen atoms in total. The van der Waals surface area contributed by atoms with E-state index in [4.69, 9.17) is 40.5 Å². The normalized spacial score (nSPS) is 26.2. The molecule has 0 radical (unpaired) electrons. The Morgan fingerprint density at radius 3 is 1.69 bits per heavy atom. The average Bonchev–Trinajstić information content (AvgIpc) is 3.39. The van der Waals surface area contributed by atoms with Crippen molar-refractivity contribution >= 4 is 69.2 Å². The van der Waals surface area contributed by atoms with Gasteiger partial charge in [0.25, 0.3) is 11.8 Å². The Kier molecular flexibility index (Phi) is 8.67. The first-order chi connectivity index (χ1) is 18.4. The van der Waals surface area contributed by atoms with Gasteiger partial charge in [0.05, 0.1) is 29.6 Å². The lowest BCUT2D eigenvalue weighted by Gasteiger charge is -2.21. The van der Waals surface area contributed by atoms with Gasteiger partial charge in [-0.1, -0.05) is 12.1 Å². The number of nitrogens with two attached hydrogens (primary N) is 1. The molecular weight excluding hydrogens is 587 g/mol. The zero-order valence-corrected chi connectivity index (χ0v) is 22.6. The van der Waals surface area contributed by atoms with Gasteiger partial charge in [0.1, 0.15) is 29.2 Å². The molecule has 2 aromatic rings. The molecule has 2 saturated carbocycles. The van der Waals surface area contributed by atoms with Crippen LogP contribution in [0.5, 0.6) is 0 Å². The summed E-state index contributed by atoms with van der Waals surface area (Å²) in [7, 11) is 0. The summed E-state index contributed by atoms with van der Waals surface area (Å²) in [5.74, 6) is -5.43. The Bertz CT molecular complexity index is 1200. The molecule has 212 valence electrons. The highest BCUT2D eigenvalue weighted by molar-refractivity contribution is 6.67. The average molecular weight is 612 g/mol. The number of alkyl halides is 6. The predicted octanol–water partition coefficient (Wildman–Crippen LogP) is 4.32. The second-order valence-electron chi connectivity index (χ2n) is 9.56. The first-order valence-corrected chi connectivity index (χ1v) is 13.4. The Balaban J connectivity index is 0.000000158. The smallest absolute Gasteiger partial charge is 0.258 e. The van der Waals surface area contributed by atoms with E-state index in [1.165, 1.54) is 0 Å². The van der Waals surface area contributed by atoms with E-state index in [-0.39, 0.29) is 17.7 Å². The van der Waals surface area contributed by atoms with Gasteiger partial charge in [-0.25, -0.2) is 27.5 Å². The number of halogens is 7. The van der Waals surface area contributed by atoms with Gasteiger partial charge >= 0.3 is 0 Å². The fourth-order valence-electron chi connectivity index (χ4n) is 4.85. The lowest BCUT2D eigenvalue weighted by Crippen LogP contribution is -2.28. The van der Waals surface area contributed by atoms with E-state index in [1.807, 2.05) is 9.80 Å². The molecule has 4 aliphatic rings. The zero-order chi connectivity index (χ0) is 28.5. The van der Waals surface area contributed by atoms with E-state index in [0.717, 1.165) is 0 Å². The molecule has 4 atom stereocenters. The summed E-state index contributed by atoms with van der Waals surface area (Å²) in [6, 6.07) is 10.4. The molecule has 0 aromatic carbocycles. The molecule has 0 bridgehead atoms. The minimum absolute atomic E-state index is 0.0957. The number of carbonyl (C=O) groups excluding carboxylic acids is 2. The molecule has 4 heterocycles. The van der Waals surface area contributed by atoms with Crippen molar-refractivity contribution < 1.29 is 27.2 Å². The van der Waals surface area contributed by atoms with Crippen LogP contribution >= 0.6 is 34.8 Å². The molecule has 2 aliphatic carbocycles. The summed E-state index contributed by atoms with van der Waals surface area (Å²) in [6.07, 6.45) is 0. The van der Waals surface area contributed by atoms with Crippen molar-refractivity contribution in [3.8, 4) is 0 Å². The molecule has 1 amide bonds. The van der Waals surface area contributed by atoms with Crippen LogP contribution in [0.2, 0.25) is 0 Å². The highest BCUT2D eigenvalue weighted by atomic mass is 35.5. The van der Waals surface area contributed by atoms with Crippen molar-refractivity contribution in [2.24, 2.45) is 23.7 Å². The number of nitrogen functional groups attached to an aromatic ring is 1. The third kappa shape index (κ3) is 6.60. The number of aromatic nitrogens is 2. The van der Waals surface area contributed by atoms with Crippen LogP contribution < -0.4 is 20.9 Å². The van der Waals surface area contributed by atoms with E-state index < -0.39 is 40.8 Å². The number of rotatable bonds is 5. The van der Waals surface area contributed by atoms with Gasteiger partial charge in [0.15, 0.2) is 0 Å². The summed E-state index contributed by atoms with van der Waals surface area (Å²) in [5.41, 5.74) is 5.54. The SMILES string of the molecule is Nc1cccc(N2CC3C(C2)C3(F)F)n1.O=C(CCl)Nc1cccc(N2CC3C(C2)C3(F)F)n1.O=C(Cl)CCl. The summed E-state index contributed by atoms with van der Waals surface area (Å²) < 4.78 is 52.1. The Morgan fingerprint density at radius 1 is 0.846 bits per heavy atom. The number of amides is 1. The van der Waals surface area contributed by atoms with Gasteiger partial charge in [-0.05, 0) is 35.9 Å². The maximum Gasteiger partial charge on any atom is 0.258 e. The molecule has 2 aromatic heterocycles. The molecule has 0 spiro atoms. The minimum Gasteiger partial charge on any atom is -0.384 e. The molecule has 4 unspecified atom stereocenters. The summed E-state index contributed by atoms with van der Waals surface area (Å²) in [6.45, 7) is 1.43. The molecule has 2 aliphatic heterocycles. The summed E-state index contributed by atoms with van der Waals surface area (Å²) in [4.78, 5) is 32.7. The lowest BCUT2D eigenvalue weighted by atomic mass is 10.3. The number of anilines is 4. The molecule has 3 N–H and O–H groups in total. The van der Waals surface area contributed by atoms with Crippen LogP contribution in [-0.2, 0) is 9.59 Å². The number of hydrogen-bond donors (Lipinski definition) is 2. The lowest BCUT2D eigenvalue weighted by molar-refractivity contribution is -0.114. The fraction of sp³-hybridized carbons (Fsp3) is 0.500. The first kappa shape index (κ1) is 29.4. The van der Waals surface area contributed by atoms with Gasteiger partial charge in [-0.2, -0.15) is 0 Å². The number of carbonyl (C=O) groups is 2. The minimum atomic E-state index is -2.50. The van der Waals surface area contributed by atoms with Crippen molar-refractivity contribution in [3.63, 3.8) is 0 Å². The largest absolute Gasteiger partial charge is 0.384 e. The van der Waals surface area contributed by atoms with Crippen LogP contribution in [0.25, 0.3) is 0 Å². The molecule has 6 rings (SSSR count). The number of fused-ring (bicyclic) bond motifs is 2. The molecular formula is C24H25Cl3F4N6O2. The predicted molar refractivity (Wildman–Crippen MR) is 142 cm³/mol. The highest BCUT2D eigenvalue weighted by Gasteiger charge is 2.72. The molecule has 2 saturated heterocycles. The summed E-state index contributed by atoms with van der Waals surface area (Å²) in [5, 5.41) is 2.03. The van der Waals surface area contributed by atoms with Crippen LogP contribution in [-0.4, -0.2) is 70.9 Å². The van der Waals surface area contributed by atoms with Crippen molar-refractivity contribution in [3.05, 3.63) is 36.4 Å². The quantitative estimate of drug-likeness (QED) is 0.295. The van der Waals surface area contributed by atoms with Crippen LogP contribution in [0, 0.1) is 23.7 Å². The van der Waals surface area contributed by atoms with E-state index >= 15 is 0 Å². The second-order valence-corrected chi connectivity index (χ2v) is 10.5. The molecule has 4 fully saturated rings. The third-order valence-electron chi connectivity index (χ3n) is 7.03. The monoisotopic (exact) mass is 610 g/mol. The van der Waals surface area contributed by atoms with Crippen molar-refractivity contribution in [1.82, 2.24) is 9.97 Å². The third-order valence-corrected chi connectivity index (χ3v) is 7.79. The van der Waals surface area contributed by atoms with Gasteiger partial charge < -0.3 is 20.9 Å². The fourth-order valence-corrected chi connectivity index (χ4v) is 4.92. The van der Waals surface area contributed by atoms with Crippen molar-refractivity contribution in [2.45, 2.75) is 11.8 Å². The number of nitrogens with zero attached hydrogens (tertiary/aromatic N) is 4. The van der Waals surface area contributed by atoms with Gasteiger partial charge in [-0.3, -0.25) is 9.59 Å². The van der Waals surface area contributed by atoms with E-state index in [0.29, 0.717) is 49.5 Å². The van der Waals surface area contributed by atoms with Crippen molar-refractivity contribution in [1.29, 1.82) is 0 Å². The standard InChI is InChI=1S/C12H12ClF2N3O.C10H11F2N3.C2H2Cl2O/c13-4-11(19)17-9-2-1-3-10(16-9)18-5-7-8(6-18)12(7,14)15;11-10(12)6-4-15(5-7(6)10)9-3-1-2-8(13)14-9;3-1-2(4)5/h1-3,7-8H,4-6H2,(H,16,17,19);1-3,6-7H,4-5H2,(H2,13,14);1H2. The second kappa shape index (κ2) is 11.5. The Hall–Kier alpha value is -2.57. The van der Waals surface area contributed by atoms with Crippen molar-refractivity contribution in [2.75, 3.05) is 58.8 Å². The first-order valence-electron chi connectivity index (χ1n) is 11.9. The Morgan fingerprint density at radius 2 is 1.28 bits per heavy atom. The number of piperidine rings is 2. The number of hydrogen-bond acceptors (Lipinski definition) is 7. The van der Waals surface area contributed by atoms with E-state index in [9.17, 15) is 27.2 Å². The maximum absolute atomic E-state index is 13.1. The number of nitrogens with one attached hydrogen (secondary N) is 1. The van der Waals surface area contributed by atoms with Crippen LogP contribution in [0.3, 0.4) is 0 Å². The van der Waals surface area contributed by atoms with Gasteiger partial charge in [0, 0.05) is 26.2 Å². The van der Waals surface area contributed by atoms with Gasteiger partial charge in [-0.15, -0.1) is 23.2 Å². The summed E-state index contributed by atoms with van der Waals surface area (Å²) >= 11 is 14.9. The van der Waals surface area contributed by atoms with E-state index in [2.05, 4.69) is 15.3 Å². The molecule has 15 heteroatoms. The van der Waals surface area contributed by atoms with Crippen LogP contribution in [0.4, 0.5) is 40.8 Å². The van der Waals surface area contributed by atoms with Crippen LogP contribution in [0.15, 0.2) is 36.4 Å². The Labute approximate surface area is 236 Å². The topological polar surface area (TPSA) is 104 Å².